The van der Waals surface area contributed by atoms with Gasteiger partial charge in [-0.25, -0.2) is 4.39 Å². The van der Waals surface area contributed by atoms with Crippen LogP contribution in [0.5, 0.6) is 0 Å². The fourth-order valence-corrected chi connectivity index (χ4v) is 1.07. The molecule has 1 aromatic carbocycles. The minimum absolute atomic E-state index is 0.236. The van der Waals surface area contributed by atoms with Crippen LogP contribution in [0.4, 0.5) is 4.39 Å². The van der Waals surface area contributed by atoms with Crippen molar-refractivity contribution in [1.29, 1.82) is 0 Å². The van der Waals surface area contributed by atoms with Crippen LogP contribution in [-0.2, 0) is 4.79 Å². The highest BCUT2D eigenvalue weighted by Crippen LogP contribution is 2.14. The van der Waals surface area contributed by atoms with Crippen molar-refractivity contribution in [3.63, 3.8) is 0 Å². The molecule has 0 unspecified atom stereocenters. The van der Waals surface area contributed by atoms with E-state index in [1.54, 1.807) is 0 Å². The molecule has 1 N–H and O–H groups in total. The van der Waals surface area contributed by atoms with Gasteiger partial charge in [0, 0.05) is 11.9 Å². The van der Waals surface area contributed by atoms with Gasteiger partial charge in [0.1, 0.15) is 5.82 Å². The van der Waals surface area contributed by atoms with Crippen molar-refractivity contribution in [1.82, 2.24) is 5.32 Å². The van der Waals surface area contributed by atoms with E-state index in [0.717, 1.165) is 12.1 Å². The fourth-order valence-electron chi connectivity index (χ4n) is 0.899. The molecule has 0 heterocycles. The first-order valence-electron chi connectivity index (χ1n) is 3.77. The number of imide groups is 1. The largest absolute Gasteiger partial charge is 0.292 e. The maximum atomic E-state index is 13.0. The van der Waals surface area contributed by atoms with E-state index in [4.69, 9.17) is 11.6 Å². The number of benzene rings is 1. The maximum absolute atomic E-state index is 13.0. The Balaban J connectivity index is 3.00. The molecule has 0 spiro atoms. The molecule has 3 nitrogen and oxygen atoms in total. The molecule has 0 bridgehead atoms. The summed E-state index contributed by atoms with van der Waals surface area (Å²) < 4.78 is 13.0. The number of hydrogen-bond donors (Lipinski definition) is 1. The Morgan fingerprint density at radius 2 is 2.07 bits per heavy atom. The summed E-state index contributed by atoms with van der Waals surface area (Å²) in [6, 6.07) is 3.55. The highest BCUT2D eigenvalue weighted by atomic mass is 35.5. The molecule has 1 aromatic rings. The van der Waals surface area contributed by atoms with E-state index in [2.05, 4.69) is 0 Å². The zero-order valence-electron chi connectivity index (χ0n) is 7.30. The molecule has 0 fully saturated rings. The summed E-state index contributed by atoms with van der Waals surface area (Å²) in [6.07, 6.45) is 0. The predicted molar refractivity (Wildman–Crippen MR) is 49.6 cm³/mol. The average Bonchev–Trinajstić information content (AvgIpc) is 2.08. The number of rotatable bonds is 1. The highest BCUT2D eigenvalue weighted by molar-refractivity contribution is 6.31. The Morgan fingerprint density at radius 1 is 1.43 bits per heavy atom. The van der Waals surface area contributed by atoms with Gasteiger partial charge in [-0.15, -0.1) is 0 Å². The van der Waals surface area contributed by atoms with Crippen molar-refractivity contribution in [2.75, 3.05) is 0 Å². The molecule has 0 saturated carbocycles. The molecule has 0 aliphatic heterocycles. The molecule has 14 heavy (non-hydrogen) atoms. The van der Waals surface area contributed by atoms with Crippen LogP contribution in [0.15, 0.2) is 18.2 Å². The summed E-state index contributed by atoms with van der Waals surface area (Å²) in [5.74, 6) is -2.06. The molecule has 74 valence electrons. The van der Waals surface area contributed by atoms with Gasteiger partial charge in [-0.1, -0.05) is 11.6 Å². The topological polar surface area (TPSA) is 46.2 Å². The van der Waals surface area contributed by atoms with Crippen LogP contribution in [-0.4, -0.2) is 11.8 Å². The molecule has 0 radical (unpaired) electrons. The number of halogens is 2. The van der Waals surface area contributed by atoms with Gasteiger partial charge in [0.2, 0.25) is 5.91 Å². The molecule has 0 saturated heterocycles. The lowest BCUT2D eigenvalue weighted by molar-refractivity contribution is -0.118. The van der Waals surface area contributed by atoms with Gasteiger partial charge in [0.05, 0.1) is 5.56 Å². The highest BCUT2D eigenvalue weighted by Gasteiger charge is 2.12. The van der Waals surface area contributed by atoms with Crippen molar-refractivity contribution >= 4 is 23.4 Å². The lowest BCUT2D eigenvalue weighted by Crippen LogP contribution is -2.28. The molecule has 5 heteroatoms. The Kier molecular flexibility index (Phi) is 3.19. The van der Waals surface area contributed by atoms with E-state index in [1.165, 1.54) is 13.0 Å². The second-order valence-electron chi connectivity index (χ2n) is 2.63. The van der Waals surface area contributed by atoms with Crippen LogP contribution in [0.3, 0.4) is 0 Å². The summed E-state index contributed by atoms with van der Waals surface area (Å²) >= 11 is 5.57. The second kappa shape index (κ2) is 4.19. The van der Waals surface area contributed by atoms with Gasteiger partial charge >= 0.3 is 0 Å². The van der Waals surface area contributed by atoms with E-state index in [-0.39, 0.29) is 10.6 Å². The van der Waals surface area contributed by atoms with Crippen molar-refractivity contribution < 1.29 is 14.0 Å². The first-order chi connectivity index (χ1) is 6.50. The Morgan fingerprint density at radius 3 is 2.64 bits per heavy atom. The number of nitrogens with one attached hydrogen (secondary N) is 1. The first kappa shape index (κ1) is 10.7. The molecule has 1 rings (SSSR count). The van der Waals surface area contributed by atoms with Gasteiger partial charge in [-0.2, -0.15) is 0 Å². The van der Waals surface area contributed by atoms with E-state index in [9.17, 15) is 14.0 Å². The molecule has 0 aliphatic rings. The Labute approximate surface area is 84.9 Å². The van der Waals surface area contributed by atoms with Crippen LogP contribution in [0.1, 0.15) is 17.3 Å². The Bertz CT molecular complexity index is 392. The average molecular weight is 216 g/mol. The minimum atomic E-state index is -0.794. The van der Waals surface area contributed by atoms with Gasteiger partial charge in [0.25, 0.3) is 5.91 Å². The standard InChI is InChI=1S/C9H7ClFNO2/c1-5(13)12-9(14)7-4-6(10)2-3-8(7)11/h2-4H,1H3,(H,12,13,14). The van der Waals surface area contributed by atoms with Gasteiger partial charge < -0.3 is 0 Å². The predicted octanol–water partition coefficient (Wildman–Crippen LogP) is 1.76. The monoisotopic (exact) mass is 215 g/mol. The summed E-state index contributed by atoms with van der Waals surface area (Å²) in [5.41, 5.74) is -0.243. The number of carbonyl (C=O) groups excluding carboxylic acids is 2. The number of carbonyl (C=O) groups is 2. The number of hydrogen-bond acceptors (Lipinski definition) is 2. The zero-order valence-corrected chi connectivity index (χ0v) is 8.06. The molecule has 2 amide bonds. The van der Waals surface area contributed by atoms with Crippen molar-refractivity contribution in [3.05, 3.63) is 34.6 Å². The molecule has 0 atom stereocenters. The van der Waals surface area contributed by atoms with E-state index in [0.29, 0.717) is 0 Å². The van der Waals surface area contributed by atoms with E-state index in [1.807, 2.05) is 5.32 Å². The van der Waals surface area contributed by atoms with Gasteiger partial charge in [0.15, 0.2) is 0 Å². The minimum Gasteiger partial charge on any atom is -0.292 e. The molecule has 0 aliphatic carbocycles. The smallest absolute Gasteiger partial charge is 0.260 e. The Hall–Kier alpha value is -1.42. The zero-order chi connectivity index (χ0) is 10.7. The third kappa shape index (κ3) is 2.53. The van der Waals surface area contributed by atoms with Crippen LogP contribution in [0.25, 0.3) is 0 Å². The first-order valence-corrected chi connectivity index (χ1v) is 4.15. The quantitative estimate of drug-likeness (QED) is 0.776. The van der Waals surface area contributed by atoms with Crippen LogP contribution in [0.2, 0.25) is 5.02 Å². The van der Waals surface area contributed by atoms with E-state index >= 15 is 0 Å². The lowest BCUT2D eigenvalue weighted by Gasteiger charge is -2.02. The summed E-state index contributed by atoms with van der Waals surface area (Å²) in [6.45, 7) is 1.17. The number of amides is 2. The van der Waals surface area contributed by atoms with Crippen LogP contribution >= 0.6 is 11.6 Å². The second-order valence-corrected chi connectivity index (χ2v) is 3.07. The summed E-state index contributed by atoms with van der Waals surface area (Å²) in [7, 11) is 0. The van der Waals surface area contributed by atoms with Crippen molar-refractivity contribution in [3.8, 4) is 0 Å². The van der Waals surface area contributed by atoms with Crippen LogP contribution in [0, 0.1) is 5.82 Å². The normalized spacial score (nSPS) is 9.64. The fraction of sp³-hybridized carbons (Fsp3) is 0.111. The molecular weight excluding hydrogens is 209 g/mol. The summed E-state index contributed by atoms with van der Waals surface area (Å²) in [5, 5.41) is 2.19. The molecule has 0 aromatic heterocycles. The van der Waals surface area contributed by atoms with Crippen molar-refractivity contribution in [2.45, 2.75) is 6.92 Å². The maximum Gasteiger partial charge on any atom is 0.260 e. The molecular formula is C9H7ClFNO2. The third-order valence-corrected chi connectivity index (χ3v) is 1.70. The van der Waals surface area contributed by atoms with Gasteiger partial charge in [-0.05, 0) is 18.2 Å². The lowest BCUT2D eigenvalue weighted by atomic mass is 10.2. The van der Waals surface area contributed by atoms with E-state index < -0.39 is 17.6 Å². The SMILES string of the molecule is CC(=O)NC(=O)c1cc(Cl)ccc1F. The van der Waals surface area contributed by atoms with Gasteiger partial charge in [-0.3, -0.25) is 14.9 Å². The third-order valence-electron chi connectivity index (χ3n) is 1.46. The van der Waals surface area contributed by atoms with Crippen LogP contribution < -0.4 is 5.32 Å². The summed E-state index contributed by atoms with van der Waals surface area (Å²) in [4.78, 5) is 21.7. The van der Waals surface area contributed by atoms with Crippen molar-refractivity contribution in [2.24, 2.45) is 0 Å².